The van der Waals surface area contributed by atoms with Crippen molar-refractivity contribution in [1.29, 1.82) is 0 Å². The molecule has 98 valence electrons. The molecule has 2 heterocycles. The van der Waals surface area contributed by atoms with Gasteiger partial charge in [0.1, 0.15) is 0 Å². The van der Waals surface area contributed by atoms with E-state index < -0.39 is 10.8 Å². The van der Waals surface area contributed by atoms with Gasteiger partial charge in [-0.15, -0.1) is 11.3 Å². The summed E-state index contributed by atoms with van der Waals surface area (Å²) in [7, 11) is -0.763. The van der Waals surface area contributed by atoms with Crippen LogP contribution in [0.2, 0.25) is 0 Å². The molecule has 6 heteroatoms. The molecule has 0 bridgehead atoms. The number of aromatic nitrogens is 2. The lowest BCUT2D eigenvalue weighted by Crippen LogP contribution is -2.30. The zero-order chi connectivity index (χ0) is 13.0. The van der Waals surface area contributed by atoms with E-state index in [1.165, 1.54) is 4.88 Å². The topological polar surface area (TPSA) is 57.8 Å². The molecule has 0 saturated heterocycles. The van der Waals surface area contributed by atoms with Gasteiger partial charge in [-0.2, -0.15) is 5.10 Å². The lowest BCUT2D eigenvalue weighted by atomic mass is 10.2. The van der Waals surface area contributed by atoms with E-state index in [0.717, 1.165) is 17.8 Å². The average molecular weight is 283 g/mol. The van der Waals surface area contributed by atoms with Crippen LogP contribution in [0.15, 0.2) is 23.7 Å². The van der Waals surface area contributed by atoms with E-state index in [2.05, 4.69) is 27.0 Å². The highest BCUT2D eigenvalue weighted by molar-refractivity contribution is 7.84. The summed E-state index contributed by atoms with van der Waals surface area (Å²) in [6.45, 7) is 2.79. The molecule has 0 amide bonds. The van der Waals surface area contributed by atoms with Crippen LogP contribution in [0.5, 0.6) is 0 Å². The van der Waals surface area contributed by atoms with E-state index in [9.17, 15) is 4.21 Å². The molecule has 0 radical (unpaired) electrons. The Hall–Kier alpha value is -0.980. The molecule has 2 unspecified atom stereocenters. The lowest BCUT2D eigenvalue weighted by Gasteiger charge is -2.11. The summed E-state index contributed by atoms with van der Waals surface area (Å²) >= 11 is 1.69. The van der Waals surface area contributed by atoms with Crippen molar-refractivity contribution in [3.63, 3.8) is 0 Å². The lowest BCUT2D eigenvalue weighted by molar-refractivity contribution is 0.588. The summed E-state index contributed by atoms with van der Waals surface area (Å²) in [5.41, 5.74) is 2.22. The van der Waals surface area contributed by atoms with Gasteiger partial charge in [0.25, 0.3) is 0 Å². The molecule has 4 nitrogen and oxygen atoms in total. The number of thiophene rings is 1. The van der Waals surface area contributed by atoms with Crippen LogP contribution in [-0.2, 0) is 17.3 Å². The molecule has 0 aliphatic carbocycles. The minimum absolute atomic E-state index is 0.238. The second kappa shape index (κ2) is 6.26. The minimum Gasteiger partial charge on any atom is -0.309 e. The number of nitrogens with one attached hydrogen (secondary N) is 2. The fraction of sp³-hybridized carbons (Fsp3) is 0.417. The first-order valence-electron chi connectivity index (χ1n) is 5.76. The van der Waals surface area contributed by atoms with E-state index in [1.807, 2.05) is 19.2 Å². The molecule has 2 aromatic rings. The van der Waals surface area contributed by atoms with E-state index in [-0.39, 0.29) is 6.04 Å². The van der Waals surface area contributed by atoms with Gasteiger partial charge in [-0.05, 0) is 18.4 Å². The number of H-pyrrole nitrogens is 1. The van der Waals surface area contributed by atoms with Crippen molar-refractivity contribution in [2.75, 3.05) is 12.0 Å². The van der Waals surface area contributed by atoms with Crippen molar-refractivity contribution >= 4 is 22.1 Å². The van der Waals surface area contributed by atoms with Crippen LogP contribution >= 0.6 is 11.3 Å². The third-order valence-corrected chi connectivity index (χ3v) is 4.47. The third kappa shape index (κ3) is 3.51. The fourth-order valence-electron chi connectivity index (χ4n) is 1.77. The Kier molecular flexibility index (Phi) is 4.68. The van der Waals surface area contributed by atoms with Crippen molar-refractivity contribution in [3.8, 4) is 10.6 Å². The molecule has 2 rings (SSSR count). The summed E-state index contributed by atoms with van der Waals surface area (Å²) < 4.78 is 11.1. The summed E-state index contributed by atoms with van der Waals surface area (Å²) in [4.78, 5) is 1.19. The average Bonchev–Trinajstić information content (AvgIpc) is 2.96. The Morgan fingerprint density at radius 2 is 2.44 bits per heavy atom. The second-order valence-electron chi connectivity index (χ2n) is 4.27. The van der Waals surface area contributed by atoms with Gasteiger partial charge >= 0.3 is 0 Å². The van der Waals surface area contributed by atoms with Gasteiger partial charge in [0.15, 0.2) is 0 Å². The highest BCUT2D eigenvalue weighted by Gasteiger charge is 2.10. The number of hydrogen-bond acceptors (Lipinski definition) is 4. The maximum atomic E-state index is 11.1. The van der Waals surface area contributed by atoms with Crippen molar-refractivity contribution in [2.45, 2.75) is 19.5 Å². The maximum Gasteiger partial charge on any atom is 0.0794 e. The number of rotatable bonds is 6. The van der Waals surface area contributed by atoms with Gasteiger partial charge in [0.2, 0.25) is 0 Å². The van der Waals surface area contributed by atoms with Crippen molar-refractivity contribution < 1.29 is 4.21 Å². The SMILES string of the molecule is CC(CS(C)=O)NCc1cn[nH]c1-c1cccs1. The zero-order valence-electron chi connectivity index (χ0n) is 10.5. The molecule has 0 saturated carbocycles. The first-order valence-corrected chi connectivity index (χ1v) is 8.37. The van der Waals surface area contributed by atoms with Gasteiger partial charge in [-0.25, -0.2) is 0 Å². The molecule has 18 heavy (non-hydrogen) atoms. The van der Waals surface area contributed by atoms with Gasteiger partial charge in [-0.3, -0.25) is 9.31 Å². The van der Waals surface area contributed by atoms with Crippen LogP contribution in [0, 0.1) is 0 Å². The standard InChI is InChI=1S/C12H17N3OS2/c1-9(8-18(2)16)13-6-10-7-14-15-12(10)11-4-3-5-17-11/h3-5,7,9,13H,6,8H2,1-2H3,(H,14,15). The van der Waals surface area contributed by atoms with Crippen LogP contribution in [0.1, 0.15) is 12.5 Å². The Morgan fingerprint density at radius 3 is 3.11 bits per heavy atom. The maximum absolute atomic E-state index is 11.1. The minimum atomic E-state index is -0.763. The van der Waals surface area contributed by atoms with Crippen molar-refractivity contribution in [1.82, 2.24) is 15.5 Å². The second-order valence-corrected chi connectivity index (χ2v) is 6.70. The van der Waals surface area contributed by atoms with E-state index >= 15 is 0 Å². The number of nitrogens with zero attached hydrogens (tertiary/aromatic N) is 1. The smallest absolute Gasteiger partial charge is 0.0794 e. The molecular formula is C12H17N3OS2. The Bertz CT molecular complexity index is 507. The Balaban J connectivity index is 1.98. The van der Waals surface area contributed by atoms with Gasteiger partial charge < -0.3 is 5.32 Å². The van der Waals surface area contributed by atoms with Gasteiger partial charge in [-0.1, -0.05) is 6.07 Å². The Morgan fingerprint density at radius 1 is 1.61 bits per heavy atom. The quantitative estimate of drug-likeness (QED) is 0.852. The number of aromatic amines is 1. The zero-order valence-corrected chi connectivity index (χ0v) is 12.1. The van der Waals surface area contributed by atoms with Crippen LogP contribution in [0.3, 0.4) is 0 Å². The van der Waals surface area contributed by atoms with Crippen molar-refractivity contribution in [3.05, 3.63) is 29.3 Å². The number of hydrogen-bond donors (Lipinski definition) is 2. The predicted molar refractivity (Wildman–Crippen MR) is 77.1 cm³/mol. The summed E-state index contributed by atoms with van der Waals surface area (Å²) in [6, 6.07) is 4.34. The summed E-state index contributed by atoms with van der Waals surface area (Å²) in [5.74, 6) is 0.673. The largest absolute Gasteiger partial charge is 0.309 e. The molecular weight excluding hydrogens is 266 g/mol. The van der Waals surface area contributed by atoms with Gasteiger partial charge in [0.05, 0.1) is 16.8 Å². The highest BCUT2D eigenvalue weighted by atomic mass is 32.2. The normalized spacial score (nSPS) is 14.6. The summed E-state index contributed by atoms with van der Waals surface area (Å²) in [5, 5.41) is 12.6. The third-order valence-electron chi connectivity index (χ3n) is 2.61. The van der Waals surface area contributed by atoms with Crippen LogP contribution in [-0.4, -0.2) is 32.5 Å². The van der Waals surface area contributed by atoms with E-state index in [4.69, 9.17) is 0 Å². The van der Waals surface area contributed by atoms with Crippen LogP contribution in [0.25, 0.3) is 10.6 Å². The molecule has 0 aliphatic rings. The fourth-order valence-corrected chi connectivity index (χ4v) is 3.35. The molecule has 2 atom stereocenters. The first-order chi connectivity index (χ1) is 8.66. The Labute approximate surface area is 113 Å². The van der Waals surface area contributed by atoms with E-state index in [1.54, 1.807) is 17.6 Å². The molecule has 0 aliphatic heterocycles. The molecule has 2 aromatic heterocycles. The van der Waals surface area contributed by atoms with Crippen LogP contribution in [0.4, 0.5) is 0 Å². The van der Waals surface area contributed by atoms with Crippen LogP contribution < -0.4 is 5.32 Å². The molecule has 0 fully saturated rings. The highest BCUT2D eigenvalue weighted by Crippen LogP contribution is 2.25. The predicted octanol–water partition coefficient (Wildman–Crippen LogP) is 1.99. The molecule has 2 N–H and O–H groups in total. The summed E-state index contributed by atoms with van der Waals surface area (Å²) in [6.07, 6.45) is 3.57. The first kappa shape index (κ1) is 13.5. The van der Waals surface area contributed by atoms with E-state index in [0.29, 0.717) is 5.75 Å². The van der Waals surface area contributed by atoms with Gasteiger partial charge in [0, 0.05) is 41.0 Å². The monoisotopic (exact) mass is 283 g/mol. The molecule has 0 spiro atoms. The van der Waals surface area contributed by atoms with Crippen molar-refractivity contribution in [2.24, 2.45) is 0 Å². The molecule has 0 aromatic carbocycles.